The molecule has 0 spiro atoms. The number of hydrogen-bond donors (Lipinski definition) is 2. The zero-order chi connectivity index (χ0) is 18.1. The summed E-state index contributed by atoms with van der Waals surface area (Å²) in [5.41, 5.74) is 2.33. The molecule has 0 aliphatic carbocycles. The molecule has 0 saturated heterocycles. The summed E-state index contributed by atoms with van der Waals surface area (Å²) in [5.74, 6) is 2.06. The van der Waals surface area contributed by atoms with Crippen LogP contribution in [-0.2, 0) is 0 Å². The normalized spacial score (nSPS) is 14.0. The maximum atomic E-state index is 12.9. The lowest BCUT2D eigenvalue weighted by Crippen LogP contribution is -2.30. The molecule has 1 aromatic heterocycles. The number of aromatic amines is 1. The summed E-state index contributed by atoms with van der Waals surface area (Å²) >= 11 is 0. The van der Waals surface area contributed by atoms with E-state index in [1.165, 1.54) is 0 Å². The maximum absolute atomic E-state index is 12.9. The SMILES string of the molecule is CC(C)CC(NC(=O)c1cccc2c1OCO2)c1nc2ccccc2[nH]1. The number of para-hydroxylation sites is 3. The van der Waals surface area contributed by atoms with E-state index in [4.69, 9.17) is 9.47 Å². The van der Waals surface area contributed by atoms with Crippen molar-refractivity contribution in [3.63, 3.8) is 0 Å². The van der Waals surface area contributed by atoms with Gasteiger partial charge in [0.05, 0.1) is 22.6 Å². The van der Waals surface area contributed by atoms with Crippen molar-refractivity contribution in [1.29, 1.82) is 0 Å². The predicted octanol–water partition coefficient (Wildman–Crippen LogP) is 3.81. The number of ether oxygens (including phenoxy) is 2. The molecule has 1 unspecified atom stereocenters. The Balaban J connectivity index is 1.63. The minimum Gasteiger partial charge on any atom is -0.454 e. The highest BCUT2D eigenvalue weighted by Crippen LogP contribution is 2.35. The van der Waals surface area contributed by atoms with Crippen LogP contribution in [0.4, 0.5) is 0 Å². The largest absolute Gasteiger partial charge is 0.454 e. The van der Waals surface area contributed by atoms with E-state index >= 15 is 0 Å². The molecular weight excluding hydrogens is 330 g/mol. The first-order valence-corrected chi connectivity index (χ1v) is 8.76. The van der Waals surface area contributed by atoms with Gasteiger partial charge >= 0.3 is 0 Å². The lowest BCUT2D eigenvalue weighted by atomic mass is 10.0. The van der Waals surface area contributed by atoms with Gasteiger partial charge in [-0.15, -0.1) is 0 Å². The third kappa shape index (κ3) is 3.10. The molecule has 0 bridgehead atoms. The minimum absolute atomic E-state index is 0.138. The highest BCUT2D eigenvalue weighted by molar-refractivity contribution is 5.98. The Morgan fingerprint density at radius 2 is 2.04 bits per heavy atom. The van der Waals surface area contributed by atoms with Gasteiger partial charge in [0.2, 0.25) is 6.79 Å². The van der Waals surface area contributed by atoms with Gasteiger partial charge in [-0.25, -0.2) is 4.98 Å². The third-order valence-electron chi connectivity index (χ3n) is 4.39. The molecule has 2 N–H and O–H groups in total. The van der Waals surface area contributed by atoms with Crippen molar-refractivity contribution in [2.45, 2.75) is 26.3 Å². The highest BCUT2D eigenvalue weighted by Gasteiger charge is 2.25. The molecule has 1 aliphatic heterocycles. The van der Waals surface area contributed by atoms with E-state index in [9.17, 15) is 4.79 Å². The lowest BCUT2D eigenvalue weighted by molar-refractivity contribution is 0.0925. The van der Waals surface area contributed by atoms with Crippen molar-refractivity contribution in [2.24, 2.45) is 5.92 Å². The van der Waals surface area contributed by atoms with E-state index in [0.717, 1.165) is 23.3 Å². The average Bonchev–Trinajstić information content (AvgIpc) is 3.26. The number of benzene rings is 2. The van der Waals surface area contributed by atoms with Gasteiger partial charge in [-0.1, -0.05) is 32.0 Å². The van der Waals surface area contributed by atoms with E-state index in [1.807, 2.05) is 24.3 Å². The molecule has 2 aromatic carbocycles. The minimum atomic E-state index is -0.215. The van der Waals surface area contributed by atoms with Crippen molar-refractivity contribution >= 4 is 16.9 Å². The van der Waals surface area contributed by atoms with Crippen molar-refractivity contribution in [2.75, 3.05) is 6.79 Å². The van der Waals surface area contributed by atoms with Gasteiger partial charge in [-0.2, -0.15) is 0 Å². The number of nitrogens with zero attached hydrogens (tertiary/aromatic N) is 1. The van der Waals surface area contributed by atoms with Gasteiger partial charge in [0, 0.05) is 0 Å². The molecule has 3 aromatic rings. The second-order valence-corrected chi connectivity index (χ2v) is 6.83. The van der Waals surface area contributed by atoms with Crippen molar-refractivity contribution in [3.8, 4) is 11.5 Å². The van der Waals surface area contributed by atoms with E-state index in [0.29, 0.717) is 23.0 Å². The zero-order valence-electron chi connectivity index (χ0n) is 14.8. The molecule has 6 heteroatoms. The summed E-state index contributed by atoms with van der Waals surface area (Å²) in [6.07, 6.45) is 0.776. The van der Waals surface area contributed by atoms with Crippen LogP contribution in [0.2, 0.25) is 0 Å². The van der Waals surface area contributed by atoms with Gasteiger partial charge in [0.15, 0.2) is 11.5 Å². The van der Waals surface area contributed by atoms with Crippen LogP contribution in [0, 0.1) is 5.92 Å². The molecule has 0 radical (unpaired) electrons. The smallest absolute Gasteiger partial charge is 0.255 e. The zero-order valence-corrected chi connectivity index (χ0v) is 14.8. The Morgan fingerprint density at radius 3 is 2.85 bits per heavy atom. The number of hydrogen-bond acceptors (Lipinski definition) is 4. The topological polar surface area (TPSA) is 76.2 Å². The van der Waals surface area contributed by atoms with Crippen LogP contribution in [0.15, 0.2) is 42.5 Å². The van der Waals surface area contributed by atoms with E-state index in [1.54, 1.807) is 18.2 Å². The fraction of sp³-hybridized carbons (Fsp3) is 0.300. The van der Waals surface area contributed by atoms with Crippen LogP contribution < -0.4 is 14.8 Å². The average molecular weight is 351 g/mol. The monoisotopic (exact) mass is 351 g/mol. The second kappa shape index (κ2) is 6.71. The first-order chi connectivity index (χ1) is 12.6. The molecule has 134 valence electrons. The molecule has 0 saturated carbocycles. The highest BCUT2D eigenvalue weighted by atomic mass is 16.7. The Hall–Kier alpha value is -3.02. The van der Waals surface area contributed by atoms with Crippen molar-refractivity contribution in [1.82, 2.24) is 15.3 Å². The summed E-state index contributed by atoms with van der Waals surface area (Å²) in [7, 11) is 0. The van der Waals surface area contributed by atoms with Gasteiger partial charge in [0.25, 0.3) is 5.91 Å². The number of imidazole rings is 1. The summed E-state index contributed by atoms with van der Waals surface area (Å²) in [5, 5.41) is 3.10. The second-order valence-electron chi connectivity index (χ2n) is 6.83. The number of H-pyrrole nitrogens is 1. The summed E-state index contributed by atoms with van der Waals surface area (Å²) in [6.45, 7) is 4.39. The summed E-state index contributed by atoms with van der Waals surface area (Å²) < 4.78 is 10.8. The van der Waals surface area contributed by atoms with E-state index in [2.05, 4.69) is 29.1 Å². The number of fused-ring (bicyclic) bond motifs is 2. The molecule has 1 amide bonds. The predicted molar refractivity (Wildman–Crippen MR) is 98.3 cm³/mol. The van der Waals surface area contributed by atoms with Gasteiger partial charge in [-0.3, -0.25) is 4.79 Å². The van der Waals surface area contributed by atoms with Crippen LogP contribution in [0.1, 0.15) is 42.5 Å². The molecule has 4 rings (SSSR count). The van der Waals surface area contributed by atoms with Crippen LogP contribution in [0.25, 0.3) is 11.0 Å². The fourth-order valence-electron chi connectivity index (χ4n) is 3.19. The standard InChI is InChI=1S/C20H21N3O3/c1-12(2)10-16(19-21-14-7-3-4-8-15(14)22-19)23-20(24)13-6-5-9-17-18(13)26-11-25-17/h3-9,12,16H,10-11H2,1-2H3,(H,21,22)(H,23,24). The van der Waals surface area contributed by atoms with Gasteiger partial charge in [-0.05, 0) is 36.6 Å². The number of nitrogens with one attached hydrogen (secondary N) is 2. The number of carbonyl (C=O) groups excluding carboxylic acids is 1. The van der Waals surface area contributed by atoms with E-state index < -0.39 is 0 Å². The number of amides is 1. The van der Waals surface area contributed by atoms with Crippen LogP contribution in [0.5, 0.6) is 11.5 Å². The molecule has 26 heavy (non-hydrogen) atoms. The molecule has 2 heterocycles. The number of carbonyl (C=O) groups is 1. The molecular formula is C20H21N3O3. The quantitative estimate of drug-likeness (QED) is 0.733. The van der Waals surface area contributed by atoms with Gasteiger partial charge < -0.3 is 19.8 Å². The lowest BCUT2D eigenvalue weighted by Gasteiger charge is -2.19. The number of aromatic nitrogens is 2. The molecule has 6 nitrogen and oxygen atoms in total. The van der Waals surface area contributed by atoms with Crippen LogP contribution >= 0.6 is 0 Å². The molecule has 1 aliphatic rings. The fourth-order valence-corrected chi connectivity index (χ4v) is 3.19. The molecule has 1 atom stereocenters. The Morgan fingerprint density at radius 1 is 1.19 bits per heavy atom. The van der Waals surface area contributed by atoms with Crippen molar-refractivity contribution < 1.29 is 14.3 Å². The first-order valence-electron chi connectivity index (χ1n) is 8.76. The van der Waals surface area contributed by atoms with Crippen molar-refractivity contribution in [3.05, 3.63) is 53.9 Å². The molecule has 0 fully saturated rings. The first kappa shape index (κ1) is 16.4. The van der Waals surface area contributed by atoms with Crippen LogP contribution in [-0.4, -0.2) is 22.7 Å². The number of rotatable bonds is 5. The third-order valence-corrected chi connectivity index (χ3v) is 4.39. The Labute approximate surface area is 151 Å². The van der Waals surface area contributed by atoms with E-state index in [-0.39, 0.29) is 18.7 Å². The summed E-state index contributed by atoms with van der Waals surface area (Å²) in [6, 6.07) is 13.0. The Kier molecular flexibility index (Phi) is 4.24. The maximum Gasteiger partial charge on any atom is 0.255 e. The summed E-state index contributed by atoms with van der Waals surface area (Å²) in [4.78, 5) is 20.9. The Bertz CT molecular complexity index is 915. The van der Waals surface area contributed by atoms with Gasteiger partial charge in [0.1, 0.15) is 5.82 Å². The van der Waals surface area contributed by atoms with Crippen LogP contribution in [0.3, 0.4) is 0 Å².